The first-order valence-electron chi connectivity index (χ1n) is 7.68. The van der Waals surface area contributed by atoms with E-state index in [-0.39, 0.29) is 13.2 Å². The van der Waals surface area contributed by atoms with Crippen LogP contribution in [0.15, 0.2) is 30.3 Å². The molecule has 1 amide bonds. The molecular weight excluding hydrogens is 330 g/mol. The number of Topliss-reactive ketones (excluding diaryl/α,β-unsaturated/α-hetero) is 1. The summed E-state index contributed by atoms with van der Waals surface area (Å²) in [5.74, 6) is -1.83. The summed E-state index contributed by atoms with van der Waals surface area (Å²) >= 11 is 0. The Hall–Kier alpha value is -2.90. The minimum atomic E-state index is -0.840. The average Bonchev–Trinajstić information content (AvgIpc) is 2.58. The Kier molecular flexibility index (Phi) is 8.70. The zero-order valence-corrected chi connectivity index (χ0v) is 14.2. The average molecular weight is 351 g/mol. The van der Waals surface area contributed by atoms with Crippen molar-refractivity contribution >= 4 is 23.8 Å². The molecule has 1 aromatic carbocycles. The van der Waals surface area contributed by atoms with Crippen molar-refractivity contribution in [3.8, 4) is 0 Å². The fourth-order valence-corrected chi connectivity index (χ4v) is 1.80. The monoisotopic (exact) mass is 351 g/mol. The third-order valence-electron chi connectivity index (χ3n) is 2.89. The van der Waals surface area contributed by atoms with Gasteiger partial charge in [-0.3, -0.25) is 19.3 Å². The van der Waals surface area contributed by atoms with E-state index in [0.717, 1.165) is 17.4 Å². The highest BCUT2D eigenvalue weighted by Crippen LogP contribution is 2.04. The molecule has 136 valence electrons. The number of nitrogens with zero attached hydrogens (tertiary/aromatic N) is 1. The first-order valence-corrected chi connectivity index (χ1v) is 7.68. The van der Waals surface area contributed by atoms with Crippen LogP contribution in [0.2, 0.25) is 0 Å². The van der Waals surface area contributed by atoms with Gasteiger partial charge in [-0.15, -0.1) is 0 Å². The summed E-state index contributed by atoms with van der Waals surface area (Å²) in [4.78, 5) is 47.2. The lowest BCUT2D eigenvalue weighted by atomic mass is 10.2. The summed E-state index contributed by atoms with van der Waals surface area (Å²) in [6.07, 6.45) is -0.840. The van der Waals surface area contributed by atoms with Gasteiger partial charge in [0.05, 0.1) is 13.2 Å². The molecule has 0 heterocycles. The summed E-state index contributed by atoms with van der Waals surface area (Å²) in [5, 5.41) is 0. The van der Waals surface area contributed by atoms with E-state index in [1.54, 1.807) is 31.2 Å². The summed E-state index contributed by atoms with van der Waals surface area (Å²) in [5.41, 5.74) is 0.762. The number of carbonyl (C=O) groups excluding carboxylic acids is 4. The fraction of sp³-hybridized carbons (Fsp3) is 0.412. The summed E-state index contributed by atoms with van der Waals surface area (Å²) in [6, 6.07) is 8.96. The molecule has 0 aliphatic rings. The molecule has 0 atom stereocenters. The van der Waals surface area contributed by atoms with E-state index < -0.39 is 43.5 Å². The van der Waals surface area contributed by atoms with E-state index in [2.05, 4.69) is 4.74 Å². The molecule has 1 aromatic rings. The Morgan fingerprint density at radius 1 is 0.960 bits per heavy atom. The highest BCUT2D eigenvalue weighted by atomic mass is 16.6. The van der Waals surface area contributed by atoms with Crippen molar-refractivity contribution in [1.82, 2.24) is 4.90 Å². The van der Waals surface area contributed by atoms with Crippen LogP contribution < -0.4 is 0 Å². The van der Waals surface area contributed by atoms with Crippen molar-refractivity contribution in [2.24, 2.45) is 0 Å². The molecule has 1 rings (SSSR count). The first-order chi connectivity index (χ1) is 11.9. The number of ketones is 1. The Morgan fingerprint density at radius 3 is 2.24 bits per heavy atom. The molecule has 0 aliphatic carbocycles. The Bertz CT molecular complexity index is 600. The number of esters is 2. The standard InChI is InChI=1S/C17H21NO7/c1-3-23-16(21)10-18(9-15(20)12-24-13(2)19)17(22)25-11-14-7-5-4-6-8-14/h4-8H,3,9-12H2,1-2H3. The van der Waals surface area contributed by atoms with E-state index in [0.29, 0.717) is 0 Å². The van der Waals surface area contributed by atoms with Crippen LogP contribution in [0.25, 0.3) is 0 Å². The van der Waals surface area contributed by atoms with Gasteiger partial charge >= 0.3 is 18.0 Å². The van der Waals surface area contributed by atoms with Crippen molar-refractivity contribution in [2.45, 2.75) is 20.5 Å². The van der Waals surface area contributed by atoms with E-state index >= 15 is 0 Å². The molecule has 0 radical (unpaired) electrons. The normalized spacial score (nSPS) is 9.84. The maximum absolute atomic E-state index is 12.2. The second kappa shape index (κ2) is 10.8. The predicted molar refractivity (Wildman–Crippen MR) is 86.5 cm³/mol. The molecule has 0 saturated carbocycles. The van der Waals surface area contributed by atoms with E-state index in [1.165, 1.54) is 0 Å². The van der Waals surface area contributed by atoms with Crippen LogP contribution in [-0.4, -0.2) is 55.0 Å². The molecule has 0 unspecified atom stereocenters. The van der Waals surface area contributed by atoms with Gasteiger partial charge in [-0.1, -0.05) is 30.3 Å². The lowest BCUT2D eigenvalue weighted by molar-refractivity contribution is -0.147. The lowest BCUT2D eigenvalue weighted by Crippen LogP contribution is -2.41. The van der Waals surface area contributed by atoms with E-state index in [9.17, 15) is 19.2 Å². The van der Waals surface area contributed by atoms with E-state index in [1.807, 2.05) is 6.07 Å². The lowest BCUT2D eigenvalue weighted by Gasteiger charge is -2.20. The van der Waals surface area contributed by atoms with Crippen LogP contribution in [-0.2, 0) is 35.2 Å². The maximum atomic E-state index is 12.2. The van der Waals surface area contributed by atoms with Gasteiger partial charge in [0.2, 0.25) is 0 Å². The summed E-state index contributed by atoms with van der Waals surface area (Å²) < 4.78 is 14.5. The largest absolute Gasteiger partial charge is 0.465 e. The number of benzene rings is 1. The third-order valence-corrected chi connectivity index (χ3v) is 2.89. The van der Waals surface area contributed by atoms with Crippen LogP contribution in [0, 0.1) is 0 Å². The first kappa shape index (κ1) is 20.1. The van der Waals surface area contributed by atoms with Crippen LogP contribution in [0.3, 0.4) is 0 Å². The number of rotatable bonds is 9. The van der Waals surface area contributed by atoms with Crippen molar-refractivity contribution in [1.29, 1.82) is 0 Å². The Morgan fingerprint density at radius 2 is 1.64 bits per heavy atom. The Balaban J connectivity index is 2.64. The number of carbonyl (C=O) groups is 4. The molecule has 0 saturated heterocycles. The molecule has 0 bridgehead atoms. The molecule has 8 nitrogen and oxygen atoms in total. The highest BCUT2D eigenvalue weighted by molar-refractivity contribution is 5.88. The van der Waals surface area contributed by atoms with Crippen LogP contribution in [0.4, 0.5) is 4.79 Å². The number of hydrogen-bond acceptors (Lipinski definition) is 7. The molecule has 25 heavy (non-hydrogen) atoms. The number of hydrogen-bond donors (Lipinski definition) is 0. The van der Waals surface area contributed by atoms with Gasteiger partial charge in [-0.2, -0.15) is 0 Å². The highest BCUT2D eigenvalue weighted by Gasteiger charge is 2.22. The molecular formula is C17H21NO7. The van der Waals surface area contributed by atoms with Gasteiger partial charge in [0.15, 0.2) is 12.4 Å². The number of ether oxygens (including phenoxy) is 3. The van der Waals surface area contributed by atoms with Crippen molar-refractivity contribution in [2.75, 3.05) is 26.3 Å². The summed E-state index contributed by atoms with van der Waals surface area (Å²) in [6.45, 7) is 1.58. The minimum absolute atomic E-state index is 0.00284. The molecule has 0 fully saturated rings. The fourth-order valence-electron chi connectivity index (χ4n) is 1.80. The maximum Gasteiger partial charge on any atom is 0.411 e. The van der Waals surface area contributed by atoms with Crippen LogP contribution in [0.1, 0.15) is 19.4 Å². The van der Waals surface area contributed by atoms with Crippen molar-refractivity contribution in [3.63, 3.8) is 0 Å². The third kappa shape index (κ3) is 8.50. The smallest absolute Gasteiger partial charge is 0.411 e. The topological polar surface area (TPSA) is 99.2 Å². The van der Waals surface area contributed by atoms with Gasteiger partial charge in [0.25, 0.3) is 0 Å². The zero-order valence-electron chi connectivity index (χ0n) is 14.2. The zero-order chi connectivity index (χ0) is 18.7. The van der Waals surface area contributed by atoms with Gasteiger partial charge in [-0.25, -0.2) is 4.79 Å². The minimum Gasteiger partial charge on any atom is -0.465 e. The molecule has 0 spiro atoms. The summed E-state index contributed by atoms with van der Waals surface area (Å²) in [7, 11) is 0. The van der Waals surface area contributed by atoms with Gasteiger partial charge < -0.3 is 14.2 Å². The molecule has 0 aliphatic heterocycles. The second-order valence-corrected chi connectivity index (χ2v) is 5.02. The van der Waals surface area contributed by atoms with Crippen LogP contribution >= 0.6 is 0 Å². The quantitative estimate of drug-likeness (QED) is 0.489. The van der Waals surface area contributed by atoms with E-state index in [4.69, 9.17) is 9.47 Å². The van der Waals surface area contributed by atoms with Crippen molar-refractivity contribution < 1.29 is 33.4 Å². The molecule has 0 aromatic heterocycles. The molecule has 8 heteroatoms. The second-order valence-electron chi connectivity index (χ2n) is 5.02. The van der Waals surface area contributed by atoms with Gasteiger partial charge in [-0.05, 0) is 12.5 Å². The molecule has 0 N–H and O–H groups in total. The van der Waals surface area contributed by atoms with Crippen molar-refractivity contribution in [3.05, 3.63) is 35.9 Å². The Labute approximate surface area is 145 Å². The van der Waals surface area contributed by atoms with Gasteiger partial charge in [0.1, 0.15) is 13.2 Å². The van der Waals surface area contributed by atoms with Crippen LogP contribution in [0.5, 0.6) is 0 Å². The van der Waals surface area contributed by atoms with Gasteiger partial charge in [0, 0.05) is 6.92 Å². The predicted octanol–water partition coefficient (Wildman–Crippen LogP) is 1.32. The number of amides is 1. The SMILES string of the molecule is CCOC(=O)CN(CC(=O)COC(C)=O)C(=O)OCc1ccccc1.